The number of hydrogen-bond donors (Lipinski definition) is 0. The Hall–Kier alpha value is -4.03. The van der Waals surface area contributed by atoms with Crippen molar-refractivity contribution < 1.29 is 56.7 Å². The summed E-state index contributed by atoms with van der Waals surface area (Å²) in [6.07, 6.45) is -3.96. The van der Waals surface area contributed by atoms with Gasteiger partial charge in [-0.1, -0.05) is 30.3 Å². The minimum Gasteiger partial charge on any atom is -0.489 e. The molecule has 0 spiro atoms. The SMILES string of the molecule is CC(=O)OC[C@H]1O[C@@H](OCCCCc2ccc(OCc3ccccc3F)cc2)[C@H](OC(C)=O)[C@@H](OC(C)=O)[C@@H]1OC(C)=O. The van der Waals surface area contributed by atoms with Crippen LogP contribution in [-0.2, 0) is 60.6 Å². The summed E-state index contributed by atoms with van der Waals surface area (Å²) in [4.78, 5) is 47.1. The standard InChI is InChI=1S/C31H37FO11/c1-19(33)38-18-27-28(40-20(2)34)29(41-21(3)35)30(42-22(4)36)31(43-27)37-16-8-7-9-23-12-14-25(15-13-23)39-17-24-10-5-6-11-26(24)32/h5-6,10-15,27-31H,7-9,16-18H2,1-4H3/t27-,28-,29+,30-,31-/m1/s1. The zero-order valence-electron chi connectivity index (χ0n) is 24.6. The van der Waals surface area contributed by atoms with E-state index in [-0.39, 0.29) is 25.6 Å². The molecule has 1 fully saturated rings. The van der Waals surface area contributed by atoms with Gasteiger partial charge in [-0.3, -0.25) is 19.2 Å². The van der Waals surface area contributed by atoms with Gasteiger partial charge in [-0.05, 0) is 43.0 Å². The minimum absolute atomic E-state index is 0.128. The molecule has 1 saturated heterocycles. The number of rotatable bonds is 14. The van der Waals surface area contributed by atoms with Crippen LogP contribution in [0.1, 0.15) is 51.7 Å². The van der Waals surface area contributed by atoms with E-state index >= 15 is 0 Å². The van der Waals surface area contributed by atoms with Crippen molar-refractivity contribution >= 4 is 23.9 Å². The number of carbonyl (C=O) groups is 4. The van der Waals surface area contributed by atoms with Crippen LogP contribution in [0.3, 0.4) is 0 Å². The van der Waals surface area contributed by atoms with E-state index in [2.05, 4.69) is 0 Å². The Morgan fingerprint density at radius 3 is 2.02 bits per heavy atom. The van der Waals surface area contributed by atoms with E-state index in [1.807, 2.05) is 24.3 Å². The number of halogens is 1. The van der Waals surface area contributed by atoms with Crippen LogP contribution in [0.4, 0.5) is 4.39 Å². The average Bonchev–Trinajstić information content (AvgIpc) is 2.94. The lowest BCUT2D eigenvalue weighted by Gasteiger charge is -2.44. The molecular formula is C31H37FO11. The average molecular weight is 605 g/mol. The van der Waals surface area contributed by atoms with Crippen molar-refractivity contribution in [1.82, 2.24) is 0 Å². The molecule has 0 unspecified atom stereocenters. The van der Waals surface area contributed by atoms with Crippen LogP contribution in [0.25, 0.3) is 0 Å². The van der Waals surface area contributed by atoms with Crippen molar-refractivity contribution in [3.05, 3.63) is 65.5 Å². The van der Waals surface area contributed by atoms with Gasteiger partial charge in [-0.15, -0.1) is 0 Å². The van der Waals surface area contributed by atoms with E-state index in [1.165, 1.54) is 19.9 Å². The molecule has 5 atom stereocenters. The number of carbonyl (C=O) groups excluding carboxylic acids is 4. The van der Waals surface area contributed by atoms with Crippen LogP contribution >= 0.6 is 0 Å². The van der Waals surface area contributed by atoms with Gasteiger partial charge in [0.15, 0.2) is 24.6 Å². The fourth-order valence-electron chi connectivity index (χ4n) is 4.48. The van der Waals surface area contributed by atoms with Gasteiger partial charge in [0.1, 0.15) is 30.9 Å². The first-order valence-corrected chi connectivity index (χ1v) is 13.9. The van der Waals surface area contributed by atoms with Gasteiger partial charge in [-0.25, -0.2) is 4.39 Å². The minimum atomic E-state index is -1.27. The fraction of sp³-hybridized carbons (Fsp3) is 0.484. The Bertz CT molecular complexity index is 1230. The summed E-state index contributed by atoms with van der Waals surface area (Å²) in [5.41, 5.74) is 1.54. The molecule has 0 aromatic heterocycles. The predicted octanol–water partition coefficient (Wildman–Crippen LogP) is 3.83. The molecule has 0 saturated carbocycles. The lowest BCUT2D eigenvalue weighted by atomic mass is 9.98. The summed E-state index contributed by atoms with van der Waals surface area (Å²) >= 11 is 0. The van der Waals surface area contributed by atoms with E-state index in [0.29, 0.717) is 17.7 Å². The second-order valence-corrected chi connectivity index (χ2v) is 9.92. The molecule has 12 heteroatoms. The first-order valence-electron chi connectivity index (χ1n) is 13.9. The van der Waals surface area contributed by atoms with E-state index in [4.69, 9.17) is 33.2 Å². The molecule has 3 rings (SSSR count). The van der Waals surface area contributed by atoms with E-state index < -0.39 is 54.6 Å². The van der Waals surface area contributed by atoms with E-state index in [1.54, 1.807) is 18.2 Å². The van der Waals surface area contributed by atoms with Gasteiger partial charge < -0.3 is 33.2 Å². The third-order valence-electron chi connectivity index (χ3n) is 6.37. The van der Waals surface area contributed by atoms with Crippen LogP contribution in [0.5, 0.6) is 5.75 Å². The maximum absolute atomic E-state index is 13.8. The molecule has 2 aromatic carbocycles. The maximum atomic E-state index is 13.8. The van der Waals surface area contributed by atoms with Crippen molar-refractivity contribution in [1.29, 1.82) is 0 Å². The Kier molecular flexibility index (Phi) is 12.9. The van der Waals surface area contributed by atoms with Gasteiger partial charge in [-0.2, -0.15) is 0 Å². The Morgan fingerprint density at radius 2 is 1.40 bits per heavy atom. The highest BCUT2D eigenvalue weighted by atomic mass is 19.1. The molecule has 0 aliphatic carbocycles. The summed E-state index contributed by atoms with van der Waals surface area (Å²) in [7, 11) is 0. The lowest BCUT2D eigenvalue weighted by molar-refractivity contribution is -0.308. The quantitative estimate of drug-likeness (QED) is 0.177. The smallest absolute Gasteiger partial charge is 0.303 e. The third-order valence-corrected chi connectivity index (χ3v) is 6.37. The summed E-state index contributed by atoms with van der Waals surface area (Å²) in [5.74, 6) is -2.40. The third kappa shape index (κ3) is 11.0. The Balaban J connectivity index is 1.58. The number of aryl methyl sites for hydroxylation is 1. The molecule has 0 bridgehead atoms. The molecule has 43 heavy (non-hydrogen) atoms. The van der Waals surface area contributed by atoms with Gasteiger partial charge in [0.2, 0.25) is 0 Å². The maximum Gasteiger partial charge on any atom is 0.303 e. The highest BCUT2D eigenvalue weighted by Gasteiger charge is 2.52. The van der Waals surface area contributed by atoms with Crippen molar-refractivity contribution in [2.24, 2.45) is 0 Å². The van der Waals surface area contributed by atoms with Crippen molar-refractivity contribution in [3.63, 3.8) is 0 Å². The van der Waals surface area contributed by atoms with Gasteiger partial charge in [0.05, 0.1) is 0 Å². The monoisotopic (exact) mass is 604 g/mol. The molecule has 234 valence electrons. The zero-order chi connectivity index (χ0) is 31.4. The number of ether oxygens (including phenoxy) is 7. The Labute approximate surface area is 249 Å². The molecule has 2 aromatic rings. The van der Waals surface area contributed by atoms with Gasteiger partial charge >= 0.3 is 23.9 Å². The van der Waals surface area contributed by atoms with Crippen molar-refractivity contribution in [3.8, 4) is 5.75 Å². The number of benzene rings is 2. The van der Waals surface area contributed by atoms with Crippen LogP contribution in [0.15, 0.2) is 48.5 Å². The van der Waals surface area contributed by atoms with Gasteiger partial charge in [0, 0.05) is 39.9 Å². The van der Waals surface area contributed by atoms with E-state index in [0.717, 1.165) is 32.3 Å². The second kappa shape index (κ2) is 16.6. The number of esters is 4. The van der Waals surface area contributed by atoms with Crippen LogP contribution < -0.4 is 4.74 Å². The first kappa shape index (κ1) is 33.5. The lowest BCUT2D eigenvalue weighted by Crippen LogP contribution is -2.63. The summed E-state index contributed by atoms with van der Waals surface area (Å²) in [6, 6.07) is 13.9. The fourth-order valence-corrected chi connectivity index (χ4v) is 4.48. The molecule has 0 N–H and O–H groups in total. The molecule has 0 amide bonds. The summed E-state index contributed by atoms with van der Waals surface area (Å²) in [6.45, 7) is 4.69. The predicted molar refractivity (Wildman–Crippen MR) is 148 cm³/mol. The highest BCUT2D eigenvalue weighted by molar-refractivity contribution is 5.68. The molecule has 11 nitrogen and oxygen atoms in total. The molecule has 1 heterocycles. The van der Waals surface area contributed by atoms with Crippen molar-refractivity contribution in [2.75, 3.05) is 13.2 Å². The van der Waals surface area contributed by atoms with Crippen LogP contribution in [0, 0.1) is 5.82 Å². The first-order chi connectivity index (χ1) is 20.5. The molecule has 0 radical (unpaired) electrons. The second-order valence-electron chi connectivity index (χ2n) is 9.92. The summed E-state index contributed by atoms with van der Waals surface area (Å²) in [5, 5.41) is 0. The van der Waals surface area contributed by atoms with E-state index in [9.17, 15) is 23.6 Å². The largest absolute Gasteiger partial charge is 0.489 e. The van der Waals surface area contributed by atoms with Crippen molar-refractivity contribution in [2.45, 2.75) is 84.3 Å². The van der Waals surface area contributed by atoms with Gasteiger partial charge in [0.25, 0.3) is 0 Å². The number of unbranched alkanes of at least 4 members (excludes halogenated alkanes) is 1. The summed E-state index contributed by atoms with van der Waals surface area (Å²) < 4.78 is 52.5. The molecule has 1 aliphatic rings. The Morgan fingerprint density at radius 1 is 0.767 bits per heavy atom. The zero-order valence-corrected chi connectivity index (χ0v) is 24.6. The van der Waals surface area contributed by atoms with Crippen LogP contribution in [0.2, 0.25) is 0 Å². The molecular weight excluding hydrogens is 567 g/mol. The topological polar surface area (TPSA) is 133 Å². The van der Waals surface area contributed by atoms with Crippen LogP contribution in [-0.4, -0.2) is 67.8 Å². The normalized spacial score (nSPS) is 21.4. The number of hydrogen-bond acceptors (Lipinski definition) is 11. The highest BCUT2D eigenvalue weighted by Crippen LogP contribution is 2.30. The molecule has 1 aliphatic heterocycles.